The van der Waals surface area contributed by atoms with E-state index in [0.29, 0.717) is 12.1 Å². The second-order valence-corrected chi connectivity index (χ2v) is 5.71. The zero-order valence-electron chi connectivity index (χ0n) is 12.4. The van der Waals surface area contributed by atoms with Crippen LogP contribution in [-0.4, -0.2) is 68.4 Å². The smallest absolute Gasteiger partial charge is 0.118 e. The fourth-order valence-electron chi connectivity index (χ4n) is 3.20. The zero-order valence-corrected chi connectivity index (χ0v) is 12.4. The fourth-order valence-corrected chi connectivity index (χ4v) is 3.20. The third-order valence-electron chi connectivity index (χ3n) is 4.26. The number of hydrogen-bond acceptors (Lipinski definition) is 5. The molecule has 0 saturated carbocycles. The molecule has 1 aromatic rings. The minimum Gasteiger partial charge on any atom is -0.465 e. The van der Waals surface area contributed by atoms with Crippen LogP contribution in [0.3, 0.4) is 0 Å². The third kappa shape index (κ3) is 3.06. The van der Waals surface area contributed by atoms with Gasteiger partial charge in [0.1, 0.15) is 11.5 Å². The van der Waals surface area contributed by atoms with Crippen LogP contribution in [0.25, 0.3) is 0 Å². The van der Waals surface area contributed by atoms with Gasteiger partial charge in [-0.3, -0.25) is 9.80 Å². The molecular weight excluding hydrogens is 256 g/mol. The summed E-state index contributed by atoms with van der Waals surface area (Å²) in [7, 11) is 1.76. The molecule has 5 heteroatoms. The second kappa shape index (κ2) is 6.26. The van der Waals surface area contributed by atoms with Gasteiger partial charge in [-0.1, -0.05) is 0 Å². The van der Waals surface area contributed by atoms with Crippen molar-refractivity contribution in [3.8, 4) is 0 Å². The summed E-state index contributed by atoms with van der Waals surface area (Å²) in [6.45, 7) is 8.54. The molecule has 0 unspecified atom stereocenters. The molecule has 20 heavy (non-hydrogen) atoms. The molecule has 112 valence electrons. The molecule has 0 bridgehead atoms. The Morgan fingerprint density at radius 2 is 2.25 bits per heavy atom. The van der Waals surface area contributed by atoms with Crippen LogP contribution >= 0.6 is 0 Å². The number of nitrogens with zero attached hydrogens (tertiary/aromatic N) is 2. The van der Waals surface area contributed by atoms with Gasteiger partial charge < -0.3 is 13.9 Å². The highest BCUT2D eigenvalue weighted by molar-refractivity contribution is 5.06. The van der Waals surface area contributed by atoms with E-state index in [9.17, 15) is 0 Å². The topological polar surface area (TPSA) is 38.1 Å². The summed E-state index contributed by atoms with van der Waals surface area (Å²) in [5.41, 5.74) is 0. The first-order valence-electron chi connectivity index (χ1n) is 7.38. The molecule has 3 rings (SSSR count). The van der Waals surface area contributed by atoms with Gasteiger partial charge in [-0.05, 0) is 19.1 Å². The monoisotopic (exact) mass is 280 g/mol. The predicted molar refractivity (Wildman–Crippen MR) is 75.7 cm³/mol. The molecule has 0 spiro atoms. The zero-order chi connectivity index (χ0) is 13.9. The molecule has 0 aliphatic carbocycles. The van der Waals surface area contributed by atoms with Gasteiger partial charge in [0, 0.05) is 33.3 Å². The van der Waals surface area contributed by atoms with Crippen molar-refractivity contribution in [2.45, 2.75) is 25.6 Å². The van der Waals surface area contributed by atoms with Crippen molar-refractivity contribution in [3.63, 3.8) is 0 Å². The molecule has 5 nitrogen and oxygen atoms in total. The molecule has 2 fully saturated rings. The minimum atomic E-state index is 0.330. The molecule has 0 aromatic carbocycles. The molecular formula is C15H24N2O3. The van der Waals surface area contributed by atoms with E-state index in [4.69, 9.17) is 13.9 Å². The van der Waals surface area contributed by atoms with Crippen LogP contribution in [0, 0.1) is 6.92 Å². The summed E-state index contributed by atoms with van der Waals surface area (Å²) in [6.07, 6.45) is 0.330. The van der Waals surface area contributed by atoms with Crippen LogP contribution in [0.15, 0.2) is 16.5 Å². The molecule has 2 aliphatic rings. The van der Waals surface area contributed by atoms with E-state index in [1.165, 1.54) is 0 Å². The number of aryl methyl sites for hydroxylation is 1. The van der Waals surface area contributed by atoms with Crippen molar-refractivity contribution >= 4 is 0 Å². The number of morpholine rings is 1. The van der Waals surface area contributed by atoms with Gasteiger partial charge in [-0.2, -0.15) is 0 Å². The van der Waals surface area contributed by atoms with Gasteiger partial charge in [0.15, 0.2) is 0 Å². The molecule has 2 atom stereocenters. The Kier molecular flexibility index (Phi) is 4.41. The predicted octanol–water partition coefficient (Wildman–Crippen LogP) is 1.12. The van der Waals surface area contributed by atoms with E-state index in [-0.39, 0.29) is 0 Å². The maximum absolute atomic E-state index is 5.93. The number of likely N-dealkylation sites (tertiary alicyclic amines) is 1. The lowest BCUT2D eigenvalue weighted by Gasteiger charge is -2.36. The Morgan fingerprint density at radius 3 is 3.00 bits per heavy atom. The van der Waals surface area contributed by atoms with Crippen molar-refractivity contribution in [3.05, 3.63) is 23.7 Å². The summed E-state index contributed by atoms with van der Waals surface area (Å²) < 4.78 is 16.8. The molecule has 0 amide bonds. The van der Waals surface area contributed by atoms with E-state index in [1.807, 2.05) is 13.0 Å². The Bertz CT molecular complexity index is 435. The van der Waals surface area contributed by atoms with Crippen LogP contribution in [0.5, 0.6) is 0 Å². The molecule has 2 aliphatic heterocycles. The molecule has 2 saturated heterocycles. The highest BCUT2D eigenvalue weighted by Gasteiger charge is 2.39. The van der Waals surface area contributed by atoms with E-state index in [2.05, 4.69) is 15.9 Å². The molecule has 3 heterocycles. The van der Waals surface area contributed by atoms with E-state index >= 15 is 0 Å². The molecule has 1 aromatic heterocycles. The van der Waals surface area contributed by atoms with Gasteiger partial charge in [-0.25, -0.2) is 0 Å². The SMILES string of the molecule is COCCN1C[C@H]2OCCN(Cc3ccc(C)o3)[C@H]2C1. The summed E-state index contributed by atoms with van der Waals surface area (Å²) in [5, 5.41) is 0. The number of rotatable bonds is 5. The second-order valence-electron chi connectivity index (χ2n) is 5.71. The summed E-state index contributed by atoms with van der Waals surface area (Å²) in [4.78, 5) is 4.93. The lowest BCUT2D eigenvalue weighted by Crippen LogP contribution is -2.50. The lowest BCUT2D eigenvalue weighted by atomic mass is 10.1. The van der Waals surface area contributed by atoms with Crippen molar-refractivity contribution in [1.82, 2.24) is 9.80 Å². The Morgan fingerprint density at radius 1 is 1.35 bits per heavy atom. The summed E-state index contributed by atoms with van der Waals surface area (Å²) in [5.74, 6) is 2.04. The number of furan rings is 1. The normalized spacial score (nSPS) is 27.9. The van der Waals surface area contributed by atoms with E-state index in [1.54, 1.807) is 7.11 Å². The van der Waals surface area contributed by atoms with Crippen molar-refractivity contribution < 1.29 is 13.9 Å². The first kappa shape index (κ1) is 14.1. The minimum absolute atomic E-state index is 0.330. The maximum atomic E-state index is 5.93. The average Bonchev–Trinajstić information content (AvgIpc) is 3.03. The van der Waals surface area contributed by atoms with Gasteiger partial charge in [0.2, 0.25) is 0 Å². The van der Waals surface area contributed by atoms with Gasteiger partial charge >= 0.3 is 0 Å². The highest BCUT2D eigenvalue weighted by Crippen LogP contribution is 2.24. The number of methoxy groups -OCH3 is 1. The highest BCUT2D eigenvalue weighted by atomic mass is 16.5. The first-order valence-corrected chi connectivity index (χ1v) is 7.38. The van der Waals surface area contributed by atoms with Crippen LogP contribution < -0.4 is 0 Å². The van der Waals surface area contributed by atoms with E-state index < -0.39 is 0 Å². The Balaban J connectivity index is 1.61. The quantitative estimate of drug-likeness (QED) is 0.808. The number of hydrogen-bond donors (Lipinski definition) is 0. The van der Waals surface area contributed by atoms with Crippen molar-refractivity contribution in [2.24, 2.45) is 0 Å². The van der Waals surface area contributed by atoms with Crippen molar-refractivity contribution in [2.75, 3.05) is 46.5 Å². The molecule has 0 radical (unpaired) electrons. The van der Waals surface area contributed by atoms with Gasteiger partial charge in [0.25, 0.3) is 0 Å². The fraction of sp³-hybridized carbons (Fsp3) is 0.733. The summed E-state index contributed by atoms with van der Waals surface area (Å²) >= 11 is 0. The van der Waals surface area contributed by atoms with Crippen molar-refractivity contribution in [1.29, 1.82) is 0 Å². The van der Waals surface area contributed by atoms with Gasteiger partial charge in [-0.15, -0.1) is 0 Å². The Hall–Kier alpha value is -0.880. The average molecular weight is 280 g/mol. The lowest BCUT2D eigenvalue weighted by molar-refractivity contribution is -0.0523. The molecule has 0 N–H and O–H groups in total. The summed E-state index contributed by atoms with van der Waals surface area (Å²) in [6, 6.07) is 4.59. The van der Waals surface area contributed by atoms with Crippen LogP contribution in [0.1, 0.15) is 11.5 Å². The standard InChI is InChI=1S/C15H24N2O3/c1-12-3-4-13(20-12)9-17-6-8-19-15-11-16(5-7-18-2)10-14(15)17/h3-4,14-15H,5-11H2,1-2H3/t14-,15+/m0/s1. The van der Waals surface area contributed by atoms with Crippen LogP contribution in [0.4, 0.5) is 0 Å². The van der Waals surface area contributed by atoms with E-state index in [0.717, 1.165) is 57.5 Å². The first-order chi connectivity index (χ1) is 9.76. The van der Waals surface area contributed by atoms with Gasteiger partial charge in [0.05, 0.1) is 31.9 Å². The Labute approximate surface area is 120 Å². The largest absolute Gasteiger partial charge is 0.465 e. The number of ether oxygens (including phenoxy) is 2. The van der Waals surface area contributed by atoms with Crippen LogP contribution in [0.2, 0.25) is 0 Å². The number of fused-ring (bicyclic) bond motifs is 1. The van der Waals surface area contributed by atoms with Crippen LogP contribution in [-0.2, 0) is 16.0 Å². The maximum Gasteiger partial charge on any atom is 0.118 e. The third-order valence-corrected chi connectivity index (χ3v) is 4.26.